The average Bonchev–Trinajstić information content (AvgIpc) is 2.95. The maximum Gasteiger partial charge on any atom is 0.229 e. The molecule has 4 aromatic rings. The quantitative estimate of drug-likeness (QED) is 0.146. The molecular weight excluding hydrogens is 540 g/mol. The van der Waals surface area contributed by atoms with Gasteiger partial charge in [-0.2, -0.15) is 0 Å². The zero-order valence-corrected chi connectivity index (χ0v) is 23.9. The maximum atomic E-state index is 12.0. The molecule has 0 saturated carbocycles. The largest absolute Gasteiger partial charge is 0.508 e. The first-order chi connectivity index (χ1) is 19.6. The summed E-state index contributed by atoms with van der Waals surface area (Å²) in [5, 5.41) is 33.9. The van der Waals surface area contributed by atoms with Gasteiger partial charge in [-0.3, -0.25) is 4.72 Å². The van der Waals surface area contributed by atoms with Gasteiger partial charge in [-0.15, -0.1) is 0 Å². The Morgan fingerprint density at radius 2 is 1.37 bits per heavy atom. The molecule has 0 aromatic heterocycles. The Bertz CT molecular complexity index is 1470. The molecule has 0 fully saturated rings. The first-order valence-electron chi connectivity index (χ1n) is 13.3. The van der Waals surface area contributed by atoms with Crippen LogP contribution >= 0.6 is 0 Å². The summed E-state index contributed by atoms with van der Waals surface area (Å²) in [6, 6.07) is 28.6. The molecule has 0 spiro atoms. The zero-order valence-electron chi connectivity index (χ0n) is 23.1. The van der Waals surface area contributed by atoms with Crippen LogP contribution in [-0.4, -0.2) is 42.6 Å². The van der Waals surface area contributed by atoms with E-state index in [1.807, 2.05) is 61.5 Å². The maximum absolute atomic E-state index is 12.0. The molecule has 216 valence electrons. The molecule has 9 heteroatoms. The lowest BCUT2D eigenvalue weighted by molar-refractivity contribution is 0.169. The minimum atomic E-state index is -3.58. The summed E-state index contributed by atoms with van der Waals surface area (Å²) in [6.45, 7) is 2.53. The molecule has 1 unspecified atom stereocenters. The summed E-state index contributed by atoms with van der Waals surface area (Å²) in [5.41, 5.74) is 3.78. The van der Waals surface area contributed by atoms with Gasteiger partial charge >= 0.3 is 0 Å². The highest BCUT2D eigenvalue weighted by atomic mass is 32.2. The molecule has 41 heavy (non-hydrogen) atoms. The number of hydrogen-bond donors (Lipinski definition) is 5. The van der Waals surface area contributed by atoms with Crippen LogP contribution in [0.3, 0.4) is 0 Å². The SMILES string of the molecule is CC(CC(c1ccc(O)cc1)c1ccc(O)cc1)NC[C@H](O)c1ccc(OCc2ccccc2)c(NS(C)(=O)=O)c1. The predicted molar refractivity (Wildman–Crippen MR) is 161 cm³/mol. The van der Waals surface area contributed by atoms with Crippen molar-refractivity contribution in [3.63, 3.8) is 0 Å². The van der Waals surface area contributed by atoms with E-state index >= 15 is 0 Å². The summed E-state index contributed by atoms with van der Waals surface area (Å²) >= 11 is 0. The van der Waals surface area contributed by atoms with E-state index in [0.29, 0.717) is 17.7 Å². The van der Waals surface area contributed by atoms with Crippen molar-refractivity contribution in [1.29, 1.82) is 0 Å². The summed E-state index contributed by atoms with van der Waals surface area (Å²) in [5.74, 6) is 0.729. The van der Waals surface area contributed by atoms with Gasteiger partial charge in [0.25, 0.3) is 0 Å². The van der Waals surface area contributed by atoms with Gasteiger partial charge in [0.1, 0.15) is 23.9 Å². The molecule has 5 N–H and O–H groups in total. The summed E-state index contributed by atoms with van der Waals surface area (Å²) in [7, 11) is -3.58. The Morgan fingerprint density at radius 1 is 0.805 bits per heavy atom. The number of aromatic hydroxyl groups is 2. The lowest BCUT2D eigenvalue weighted by Gasteiger charge is -2.24. The number of hydrogen-bond acceptors (Lipinski definition) is 7. The second-order valence-electron chi connectivity index (χ2n) is 10.2. The fraction of sp³-hybridized carbons (Fsp3) is 0.250. The number of aliphatic hydroxyl groups excluding tert-OH is 1. The number of benzene rings is 4. The molecule has 4 rings (SSSR count). The zero-order chi connectivity index (χ0) is 29.4. The lowest BCUT2D eigenvalue weighted by atomic mass is 9.86. The van der Waals surface area contributed by atoms with Crippen molar-refractivity contribution < 1.29 is 28.5 Å². The van der Waals surface area contributed by atoms with Gasteiger partial charge in [0.15, 0.2) is 0 Å². The number of rotatable bonds is 13. The molecule has 0 amide bonds. The van der Waals surface area contributed by atoms with Crippen LogP contribution in [0.15, 0.2) is 97.1 Å². The monoisotopic (exact) mass is 576 g/mol. The van der Waals surface area contributed by atoms with Crippen LogP contribution in [0.2, 0.25) is 0 Å². The van der Waals surface area contributed by atoms with Crippen LogP contribution in [0.4, 0.5) is 5.69 Å². The molecule has 8 nitrogen and oxygen atoms in total. The van der Waals surface area contributed by atoms with E-state index in [1.54, 1.807) is 42.5 Å². The van der Waals surface area contributed by atoms with E-state index in [1.165, 1.54) is 0 Å². The van der Waals surface area contributed by atoms with Crippen molar-refractivity contribution in [1.82, 2.24) is 5.32 Å². The normalized spacial score (nSPS) is 13.1. The molecule has 0 aliphatic heterocycles. The van der Waals surface area contributed by atoms with E-state index in [9.17, 15) is 23.7 Å². The van der Waals surface area contributed by atoms with Crippen LogP contribution in [-0.2, 0) is 16.6 Å². The molecule has 0 radical (unpaired) electrons. The van der Waals surface area contributed by atoms with Crippen molar-refractivity contribution in [2.24, 2.45) is 0 Å². The summed E-state index contributed by atoms with van der Waals surface area (Å²) < 4.78 is 32.4. The number of phenols is 2. The van der Waals surface area contributed by atoms with Crippen LogP contribution in [0.25, 0.3) is 0 Å². The van der Waals surface area contributed by atoms with E-state index in [4.69, 9.17) is 4.74 Å². The Balaban J connectivity index is 1.44. The molecular formula is C32H36N2O6S. The van der Waals surface area contributed by atoms with Crippen LogP contribution in [0.1, 0.15) is 47.6 Å². The summed E-state index contributed by atoms with van der Waals surface area (Å²) in [4.78, 5) is 0. The number of sulfonamides is 1. The third-order valence-electron chi connectivity index (χ3n) is 6.76. The number of nitrogens with one attached hydrogen (secondary N) is 2. The van der Waals surface area contributed by atoms with Crippen molar-refractivity contribution in [3.05, 3.63) is 119 Å². The van der Waals surface area contributed by atoms with E-state index in [0.717, 1.165) is 22.9 Å². The van der Waals surface area contributed by atoms with Crippen LogP contribution < -0.4 is 14.8 Å². The Morgan fingerprint density at radius 3 is 1.93 bits per heavy atom. The van der Waals surface area contributed by atoms with Crippen molar-refractivity contribution in [3.8, 4) is 17.2 Å². The molecule has 0 saturated heterocycles. The smallest absolute Gasteiger partial charge is 0.229 e. The molecule has 0 aliphatic carbocycles. The van der Waals surface area contributed by atoms with Gasteiger partial charge in [0.05, 0.1) is 18.0 Å². The minimum absolute atomic E-state index is 0.0116. The number of aliphatic hydroxyl groups is 1. The van der Waals surface area contributed by atoms with Gasteiger partial charge in [-0.05, 0) is 72.0 Å². The first kappa shape index (κ1) is 29.9. The van der Waals surface area contributed by atoms with Crippen molar-refractivity contribution in [2.75, 3.05) is 17.5 Å². The molecule has 0 heterocycles. The van der Waals surface area contributed by atoms with Crippen molar-refractivity contribution in [2.45, 2.75) is 38.0 Å². The van der Waals surface area contributed by atoms with Gasteiger partial charge in [-0.1, -0.05) is 60.7 Å². The highest BCUT2D eigenvalue weighted by Crippen LogP contribution is 2.32. The van der Waals surface area contributed by atoms with Gasteiger partial charge in [0.2, 0.25) is 10.0 Å². The third-order valence-corrected chi connectivity index (χ3v) is 7.35. The topological polar surface area (TPSA) is 128 Å². The van der Waals surface area contributed by atoms with E-state index < -0.39 is 16.1 Å². The fourth-order valence-electron chi connectivity index (χ4n) is 4.64. The molecule has 0 aliphatic rings. The highest BCUT2D eigenvalue weighted by molar-refractivity contribution is 7.92. The van der Waals surface area contributed by atoms with Gasteiger partial charge in [0, 0.05) is 18.5 Å². The number of anilines is 1. The number of ether oxygens (including phenoxy) is 1. The predicted octanol–water partition coefficient (Wildman–Crippen LogP) is 5.28. The third kappa shape index (κ3) is 8.97. The van der Waals surface area contributed by atoms with Crippen molar-refractivity contribution >= 4 is 15.7 Å². The lowest BCUT2D eigenvalue weighted by Crippen LogP contribution is -2.32. The Labute approximate surface area is 241 Å². The molecule has 4 aromatic carbocycles. The molecule has 2 atom stereocenters. The van der Waals surface area contributed by atoms with E-state index in [-0.39, 0.29) is 42.3 Å². The van der Waals surface area contributed by atoms with Crippen LogP contribution in [0, 0.1) is 0 Å². The average molecular weight is 577 g/mol. The highest BCUT2D eigenvalue weighted by Gasteiger charge is 2.20. The van der Waals surface area contributed by atoms with E-state index in [2.05, 4.69) is 10.0 Å². The first-order valence-corrected chi connectivity index (χ1v) is 15.2. The van der Waals surface area contributed by atoms with Gasteiger partial charge in [-0.25, -0.2) is 8.42 Å². The minimum Gasteiger partial charge on any atom is -0.508 e. The second-order valence-corrected chi connectivity index (χ2v) is 11.9. The number of phenolic OH excluding ortho intramolecular Hbond substituents is 2. The fourth-order valence-corrected chi connectivity index (χ4v) is 5.20. The standard InChI is InChI=1S/C32H36N2O6S/c1-22(18-29(24-8-13-27(35)14-9-24)25-10-15-28(36)16-11-25)33-20-31(37)26-12-17-32(30(19-26)34-41(2,38)39)40-21-23-6-4-3-5-7-23/h3-17,19,22,29,31,33-37H,18,20-21H2,1-2H3/t22?,31-/m0/s1. The summed E-state index contributed by atoms with van der Waals surface area (Å²) in [6.07, 6.45) is 0.857. The molecule has 0 bridgehead atoms. The Hall–Kier alpha value is -4.05. The van der Waals surface area contributed by atoms with Crippen LogP contribution in [0.5, 0.6) is 17.2 Å². The Kier molecular flexibility index (Phi) is 9.88. The van der Waals surface area contributed by atoms with Gasteiger partial charge < -0.3 is 25.4 Å². The second kappa shape index (κ2) is 13.5.